The van der Waals surface area contributed by atoms with E-state index in [9.17, 15) is 4.79 Å². The van der Waals surface area contributed by atoms with Crippen molar-refractivity contribution in [1.82, 2.24) is 14.6 Å². The maximum Gasteiger partial charge on any atom is 0.259 e. The smallest absolute Gasteiger partial charge is 0.259 e. The summed E-state index contributed by atoms with van der Waals surface area (Å²) in [6.07, 6.45) is 6.37. The maximum atomic E-state index is 12.3. The number of nitrogens with one attached hydrogen (secondary N) is 1. The van der Waals surface area contributed by atoms with E-state index < -0.39 is 0 Å². The Morgan fingerprint density at radius 2 is 2.24 bits per heavy atom. The van der Waals surface area contributed by atoms with Crippen molar-refractivity contribution in [2.45, 2.75) is 0 Å². The molecule has 0 unspecified atom stereocenters. The molecule has 0 bridgehead atoms. The largest absolute Gasteiger partial charge is 0.495 e. The predicted octanol–water partition coefficient (Wildman–Crippen LogP) is 1.57. The molecule has 0 radical (unpaired) electrons. The van der Waals surface area contributed by atoms with Crippen molar-refractivity contribution in [3.05, 3.63) is 48.5 Å². The van der Waals surface area contributed by atoms with Crippen LogP contribution in [0.25, 0.3) is 5.52 Å². The van der Waals surface area contributed by atoms with Gasteiger partial charge in [-0.25, -0.2) is 4.52 Å². The number of ether oxygens (including phenoxy) is 1. The van der Waals surface area contributed by atoms with Crippen LogP contribution in [-0.4, -0.2) is 27.6 Å². The normalized spacial score (nSPS) is 10.5. The molecule has 7 nitrogen and oxygen atoms in total. The molecule has 2 aromatic heterocycles. The van der Waals surface area contributed by atoms with Gasteiger partial charge in [0.05, 0.1) is 36.3 Å². The molecule has 0 spiro atoms. The number of amides is 1. The number of nitrogens with zero attached hydrogens (tertiary/aromatic N) is 3. The van der Waals surface area contributed by atoms with E-state index in [2.05, 4.69) is 15.4 Å². The van der Waals surface area contributed by atoms with E-state index in [1.54, 1.807) is 41.3 Å². The number of fused-ring (bicyclic) bond motifs is 1. The van der Waals surface area contributed by atoms with Crippen LogP contribution in [0.4, 0.5) is 11.4 Å². The minimum atomic E-state index is -0.273. The molecule has 0 atom stereocenters. The summed E-state index contributed by atoms with van der Waals surface area (Å²) in [5.74, 6) is 0.235. The lowest BCUT2D eigenvalue weighted by molar-refractivity contribution is 0.102. The van der Waals surface area contributed by atoms with E-state index in [-0.39, 0.29) is 5.91 Å². The number of hydrogen-bond donors (Lipinski definition) is 2. The zero-order valence-corrected chi connectivity index (χ0v) is 11.3. The summed E-state index contributed by atoms with van der Waals surface area (Å²) in [4.78, 5) is 16.3. The fourth-order valence-electron chi connectivity index (χ4n) is 2.00. The van der Waals surface area contributed by atoms with Gasteiger partial charge >= 0.3 is 0 Å². The van der Waals surface area contributed by atoms with E-state index in [0.29, 0.717) is 28.2 Å². The third-order valence-electron chi connectivity index (χ3n) is 3.06. The number of nitrogen functional groups attached to an aromatic ring is 1. The standard InChI is InChI=1S/C14H13N5O2/c1-21-13-6-9(2-3-11(13)15)18-14(20)10-7-17-19-5-4-16-8-12(10)19/h2-8H,15H2,1H3,(H,18,20). The number of aromatic nitrogens is 3. The van der Waals surface area contributed by atoms with Crippen molar-refractivity contribution in [2.24, 2.45) is 0 Å². The lowest BCUT2D eigenvalue weighted by Gasteiger charge is -2.08. The number of benzene rings is 1. The van der Waals surface area contributed by atoms with Gasteiger partial charge in [-0.05, 0) is 12.1 Å². The first-order valence-corrected chi connectivity index (χ1v) is 6.21. The second-order valence-electron chi connectivity index (χ2n) is 4.38. The molecular weight excluding hydrogens is 270 g/mol. The van der Waals surface area contributed by atoms with Crippen LogP contribution in [0.2, 0.25) is 0 Å². The molecule has 3 rings (SSSR count). The fraction of sp³-hybridized carbons (Fsp3) is 0.0714. The molecule has 1 amide bonds. The highest BCUT2D eigenvalue weighted by Gasteiger charge is 2.13. The van der Waals surface area contributed by atoms with Crippen molar-refractivity contribution in [3.8, 4) is 5.75 Å². The van der Waals surface area contributed by atoms with Gasteiger partial charge in [-0.1, -0.05) is 0 Å². The highest BCUT2D eigenvalue weighted by Crippen LogP contribution is 2.25. The van der Waals surface area contributed by atoms with E-state index in [4.69, 9.17) is 10.5 Å². The van der Waals surface area contributed by atoms with Gasteiger partial charge in [-0.2, -0.15) is 5.10 Å². The van der Waals surface area contributed by atoms with Crippen LogP contribution in [-0.2, 0) is 0 Å². The van der Waals surface area contributed by atoms with Gasteiger partial charge in [-0.15, -0.1) is 0 Å². The van der Waals surface area contributed by atoms with Gasteiger partial charge < -0.3 is 15.8 Å². The van der Waals surface area contributed by atoms with E-state index in [0.717, 1.165) is 0 Å². The van der Waals surface area contributed by atoms with Crippen LogP contribution in [0.5, 0.6) is 5.75 Å². The number of nitrogens with two attached hydrogens (primary N) is 1. The molecule has 3 aromatic rings. The predicted molar refractivity (Wildman–Crippen MR) is 78.3 cm³/mol. The SMILES string of the molecule is COc1cc(NC(=O)c2cnn3ccncc23)ccc1N. The highest BCUT2D eigenvalue weighted by atomic mass is 16.5. The molecule has 0 fully saturated rings. The summed E-state index contributed by atoms with van der Waals surface area (Å²) in [6.45, 7) is 0. The van der Waals surface area contributed by atoms with E-state index >= 15 is 0 Å². The zero-order valence-electron chi connectivity index (χ0n) is 11.3. The minimum absolute atomic E-state index is 0.273. The Labute approximate surface area is 120 Å². The molecule has 1 aromatic carbocycles. The molecule has 106 valence electrons. The van der Waals surface area contributed by atoms with Gasteiger partial charge in [0.15, 0.2) is 0 Å². The molecule has 0 aliphatic rings. The summed E-state index contributed by atoms with van der Waals surface area (Å²) >= 11 is 0. The first-order valence-electron chi connectivity index (χ1n) is 6.21. The van der Waals surface area contributed by atoms with Crippen LogP contribution in [0, 0.1) is 0 Å². The second-order valence-corrected chi connectivity index (χ2v) is 4.38. The number of carbonyl (C=O) groups excluding carboxylic acids is 1. The van der Waals surface area contributed by atoms with Crippen LogP contribution in [0.3, 0.4) is 0 Å². The van der Waals surface area contributed by atoms with Crippen molar-refractivity contribution < 1.29 is 9.53 Å². The first-order chi connectivity index (χ1) is 10.2. The third-order valence-corrected chi connectivity index (χ3v) is 3.06. The molecule has 0 saturated carbocycles. The van der Waals surface area contributed by atoms with Gasteiger partial charge in [0.25, 0.3) is 5.91 Å². The molecule has 0 saturated heterocycles. The number of carbonyl (C=O) groups is 1. The van der Waals surface area contributed by atoms with E-state index in [1.807, 2.05) is 0 Å². The Bertz CT molecular complexity index is 812. The molecule has 7 heteroatoms. The quantitative estimate of drug-likeness (QED) is 0.711. The number of methoxy groups -OCH3 is 1. The molecule has 0 aliphatic carbocycles. The molecule has 21 heavy (non-hydrogen) atoms. The third kappa shape index (κ3) is 2.36. The summed E-state index contributed by atoms with van der Waals surface area (Å²) in [7, 11) is 1.52. The first kappa shape index (κ1) is 12.9. The molecule has 0 aliphatic heterocycles. The van der Waals surface area contributed by atoms with Gasteiger partial charge in [0.1, 0.15) is 5.75 Å². The van der Waals surface area contributed by atoms with Gasteiger partial charge in [0, 0.05) is 24.1 Å². The highest BCUT2D eigenvalue weighted by molar-refractivity contribution is 6.08. The van der Waals surface area contributed by atoms with Crippen molar-refractivity contribution in [3.63, 3.8) is 0 Å². The monoisotopic (exact) mass is 283 g/mol. The number of anilines is 2. The average molecular weight is 283 g/mol. The lowest BCUT2D eigenvalue weighted by Crippen LogP contribution is -2.12. The molecule has 3 N–H and O–H groups in total. The van der Waals surface area contributed by atoms with Crippen molar-refractivity contribution in [1.29, 1.82) is 0 Å². The van der Waals surface area contributed by atoms with Crippen molar-refractivity contribution in [2.75, 3.05) is 18.2 Å². The fourth-order valence-corrected chi connectivity index (χ4v) is 2.00. The Hall–Kier alpha value is -3.09. The van der Waals surface area contributed by atoms with Gasteiger partial charge in [-0.3, -0.25) is 9.78 Å². The Morgan fingerprint density at radius 3 is 3.05 bits per heavy atom. The maximum absolute atomic E-state index is 12.3. The Balaban J connectivity index is 1.89. The Kier molecular flexibility index (Phi) is 3.15. The van der Waals surface area contributed by atoms with Crippen LogP contribution < -0.4 is 15.8 Å². The lowest BCUT2D eigenvalue weighted by atomic mass is 10.2. The van der Waals surface area contributed by atoms with Crippen LogP contribution >= 0.6 is 0 Å². The minimum Gasteiger partial charge on any atom is -0.495 e. The van der Waals surface area contributed by atoms with Gasteiger partial charge in [0.2, 0.25) is 0 Å². The summed E-state index contributed by atoms with van der Waals surface area (Å²) in [6, 6.07) is 5.04. The second kappa shape index (κ2) is 5.12. The zero-order chi connectivity index (χ0) is 14.8. The van der Waals surface area contributed by atoms with E-state index in [1.165, 1.54) is 13.3 Å². The summed E-state index contributed by atoms with van der Waals surface area (Å²) in [5, 5.41) is 6.88. The van der Waals surface area contributed by atoms with Crippen LogP contribution in [0.15, 0.2) is 43.0 Å². The molecule has 2 heterocycles. The Morgan fingerprint density at radius 1 is 1.38 bits per heavy atom. The molecular formula is C14H13N5O2. The number of rotatable bonds is 3. The number of hydrogen-bond acceptors (Lipinski definition) is 5. The van der Waals surface area contributed by atoms with Crippen LogP contribution in [0.1, 0.15) is 10.4 Å². The van der Waals surface area contributed by atoms with Crippen molar-refractivity contribution >= 4 is 22.8 Å². The average Bonchev–Trinajstić information content (AvgIpc) is 2.93. The summed E-state index contributed by atoms with van der Waals surface area (Å²) in [5.41, 5.74) is 7.92. The summed E-state index contributed by atoms with van der Waals surface area (Å²) < 4.78 is 6.71. The topological polar surface area (TPSA) is 94.5 Å².